The number of amides is 1. The van der Waals surface area contributed by atoms with E-state index in [2.05, 4.69) is 27.0 Å². The van der Waals surface area contributed by atoms with E-state index in [0.29, 0.717) is 18.7 Å². The molecule has 4 rings (SSSR count). The molecular weight excluding hydrogens is 420 g/mol. The van der Waals surface area contributed by atoms with Crippen LogP contribution in [0.3, 0.4) is 0 Å². The number of nitrogens with zero attached hydrogens (tertiary/aromatic N) is 3. The van der Waals surface area contributed by atoms with E-state index in [-0.39, 0.29) is 5.91 Å². The second-order valence-corrected chi connectivity index (χ2v) is 8.36. The maximum atomic E-state index is 12.1. The highest BCUT2D eigenvalue weighted by molar-refractivity contribution is 7.98. The van der Waals surface area contributed by atoms with Crippen LogP contribution in [0.2, 0.25) is 0 Å². The van der Waals surface area contributed by atoms with Gasteiger partial charge in [0.15, 0.2) is 10.8 Å². The molecule has 0 bridgehead atoms. The minimum atomic E-state index is -0.0292. The van der Waals surface area contributed by atoms with Gasteiger partial charge < -0.3 is 10.1 Å². The number of hydrogen-bond donors (Lipinski definition) is 1. The average Bonchev–Trinajstić information content (AvgIpc) is 3.19. The molecule has 0 atom stereocenters. The highest BCUT2D eigenvalue weighted by Gasteiger charge is 2.13. The number of thioether (sulfide) groups is 1. The van der Waals surface area contributed by atoms with E-state index in [9.17, 15) is 4.79 Å². The van der Waals surface area contributed by atoms with Gasteiger partial charge in [-0.15, -0.1) is 0 Å². The predicted molar refractivity (Wildman–Crippen MR) is 128 cm³/mol. The van der Waals surface area contributed by atoms with Gasteiger partial charge in [-0.1, -0.05) is 43.0 Å². The predicted octanol–water partition coefficient (Wildman–Crippen LogP) is 4.92. The molecule has 0 spiro atoms. The van der Waals surface area contributed by atoms with E-state index >= 15 is 0 Å². The van der Waals surface area contributed by atoms with Crippen molar-refractivity contribution in [1.29, 1.82) is 0 Å². The number of carbonyl (C=O) groups is 1. The van der Waals surface area contributed by atoms with E-state index < -0.39 is 0 Å². The quantitative estimate of drug-likeness (QED) is 0.370. The Morgan fingerprint density at radius 2 is 1.81 bits per heavy atom. The third-order valence-electron chi connectivity index (χ3n) is 5.09. The fourth-order valence-corrected chi connectivity index (χ4v) is 4.30. The second kappa shape index (κ2) is 10.3. The first-order valence-electron chi connectivity index (χ1n) is 10.6. The summed E-state index contributed by atoms with van der Waals surface area (Å²) >= 11 is 1.67. The minimum absolute atomic E-state index is 0.0292. The van der Waals surface area contributed by atoms with Crippen LogP contribution in [-0.4, -0.2) is 34.1 Å². The summed E-state index contributed by atoms with van der Waals surface area (Å²) in [6.07, 6.45) is 2.72. The van der Waals surface area contributed by atoms with Crippen LogP contribution in [-0.2, 0) is 12.3 Å². The first-order valence-corrected chi connectivity index (χ1v) is 11.6. The van der Waals surface area contributed by atoms with E-state index in [1.54, 1.807) is 25.1 Å². The number of benzene rings is 2. The Balaban J connectivity index is 1.51. The molecule has 2 aromatic carbocycles. The monoisotopic (exact) mass is 446 g/mol. The van der Waals surface area contributed by atoms with Crippen molar-refractivity contribution in [1.82, 2.24) is 19.9 Å². The van der Waals surface area contributed by atoms with Gasteiger partial charge in [0.25, 0.3) is 5.91 Å². The van der Waals surface area contributed by atoms with Crippen LogP contribution in [0.4, 0.5) is 0 Å². The zero-order valence-electron chi connectivity index (χ0n) is 18.2. The molecule has 32 heavy (non-hydrogen) atoms. The van der Waals surface area contributed by atoms with Gasteiger partial charge in [-0.3, -0.25) is 9.36 Å². The molecule has 1 amide bonds. The lowest BCUT2D eigenvalue weighted by Gasteiger charge is -2.10. The van der Waals surface area contributed by atoms with Gasteiger partial charge >= 0.3 is 0 Å². The van der Waals surface area contributed by atoms with Crippen molar-refractivity contribution in [2.75, 3.05) is 13.7 Å². The summed E-state index contributed by atoms with van der Waals surface area (Å²) in [5.74, 6) is 1.56. The highest BCUT2D eigenvalue weighted by atomic mass is 32.2. The zero-order valence-corrected chi connectivity index (χ0v) is 19.1. The van der Waals surface area contributed by atoms with Crippen molar-refractivity contribution in [3.05, 3.63) is 83.6 Å². The van der Waals surface area contributed by atoms with Crippen molar-refractivity contribution in [2.24, 2.45) is 0 Å². The van der Waals surface area contributed by atoms with Crippen molar-refractivity contribution >= 4 is 28.8 Å². The molecule has 0 unspecified atom stereocenters. The Labute approximate surface area is 192 Å². The topological polar surface area (TPSA) is 69.0 Å². The maximum Gasteiger partial charge on any atom is 0.251 e. The summed E-state index contributed by atoms with van der Waals surface area (Å²) in [6.45, 7) is 3.41. The second-order valence-electron chi connectivity index (χ2n) is 7.42. The lowest BCUT2D eigenvalue weighted by molar-refractivity contribution is 0.0953. The van der Waals surface area contributed by atoms with E-state index in [1.165, 1.54) is 0 Å². The summed E-state index contributed by atoms with van der Waals surface area (Å²) in [5, 5.41) is 3.82. The molecule has 2 heterocycles. The van der Waals surface area contributed by atoms with E-state index in [4.69, 9.17) is 9.72 Å². The molecular formula is C25H26N4O2S. The van der Waals surface area contributed by atoms with Gasteiger partial charge in [0, 0.05) is 24.1 Å². The van der Waals surface area contributed by atoms with Crippen LogP contribution in [0.5, 0.6) is 5.75 Å². The standard InChI is InChI=1S/C25H26N4O2S/c1-3-14-27-24(30)20-10-6-19(7-11-20)17-32-25-28-22-5-4-15-26-23(22)29(25)16-18-8-12-21(31-2)13-9-18/h4-13,15H,3,14,16-17H2,1-2H3,(H,27,30). The third kappa shape index (κ3) is 5.11. The van der Waals surface area contributed by atoms with Crippen molar-refractivity contribution in [3.8, 4) is 5.75 Å². The molecule has 2 aromatic heterocycles. The molecule has 0 aliphatic rings. The van der Waals surface area contributed by atoms with Crippen LogP contribution in [0.1, 0.15) is 34.8 Å². The fraction of sp³-hybridized carbons (Fsp3) is 0.240. The van der Waals surface area contributed by atoms with Crippen molar-refractivity contribution in [3.63, 3.8) is 0 Å². The number of pyridine rings is 1. The van der Waals surface area contributed by atoms with Gasteiger partial charge in [0.1, 0.15) is 11.3 Å². The number of rotatable bonds is 9. The van der Waals surface area contributed by atoms with Crippen LogP contribution in [0, 0.1) is 0 Å². The molecule has 0 aliphatic carbocycles. The van der Waals surface area contributed by atoms with Crippen LogP contribution in [0.15, 0.2) is 72.0 Å². The highest BCUT2D eigenvalue weighted by Crippen LogP contribution is 2.27. The van der Waals surface area contributed by atoms with Gasteiger partial charge in [-0.2, -0.15) is 0 Å². The summed E-state index contributed by atoms with van der Waals surface area (Å²) in [5.41, 5.74) is 4.72. The number of fused-ring (bicyclic) bond motifs is 1. The van der Waals surface area contributed by atoms with Gasteiger partial charge in [-0.05, 0) is 53.9 Å². The number of imidazole rings is 1. The zero-order chi connectivity index (χ0) is 22.3. The SMILES string of the molecule is CCCNC(=O)c1ccc(CSc2nc3cccnc3n2Cc2ccc(OC)cc2)cc1. The van der Waals surface area contributed by atoms with Gasteiger partial charge in [-0.25, -0.2) is 9.97 Å². The Morgan fingerprint density at radius 3 is 2.53 bits per heavy atom. The van der Waals surface area contributed by atoms with E-state index in [0.717, 1.165) is 45.4 Å². The summed E-state index contributed by atoms with van der Waals surface area (Å²) in [4.78, 5) is 21.5. The molecule has 0 fully saturated rings. The number of methoxy groups -OCH3 is 1. The molecule has 0 saturated carbocycles. The largest absolute Gasteiger partial charge is 0.497 e. The van der Waals surface area contributed by atoms with Gasteiger partial charge in [0.2, 0.25) is 0 Å². The van der Waals surface area contributed by atoms with Crippen LogP contribution in [0.25, 0.3) is 11.2 Å². The average molecular weight is 447 g/mol. The Kier molecular flexibility index (Phi) is 7.07. The smallest absolute Gasteiger partial charge is 0.251 e. The molecule has 7 heteroatoms. The lowest BCUT2D eigenvalue weighted by atomic mass is 10.1. The van der Waals surface area contributed by atoms with Crippen LogP contribution >= 0.6 is 11.8 Å². The van der Waals surface area contributed by atoms with Crippen LogP contribution < -0.4 is 10.1 Å². The first kappa shape index (κ1) is 21.9. The minimum Gasteiger partial charge on any atom is -0.497 e. The number of hydrogen-bond acceptors (Lipinski definition) is 5. The molecule has 6 nitrogen and oxygen atoms in total. The fourth-order valence-electron chi connectivity index (χ4n) is 3.34. The summed E-state index contributed by atoms with van der Waals surface area (Å²) in [6, 6.07) is 19.7. The molecule has 0 aliphatic heterocycles. The summed E-state index contributed by atoms with van der Waals surface area (Å²) in [7, 11) is 1.67. The number of aromatic nitrogens is 3. The molecule has 0 radical (unpaired) electrons. The number of ether oxygens (including phenoxy) is 1. The number of nitrogens with one attached hydrogen (secondary N) is 1. The van der Waals surface area contributed by atoms with Crippen molar-refractivity contribution < 1.29 is 9.53 Å². The van der Waals surface area contributed by atoms with Crippen molar-refractivity contribution in [2.45, 2.75) is 30.8 Å². The molecule has 0 saturated heterocycles. The normalized spacial score (nSPS) is 10.9. The van der Waals surface area contributed by atoms with E-state index in [1.807, 2.05) is 55.5 Å². The Morgan fingerprint density at radius 1 is 1.06 bits per heavy atom. The molecule has 1 N–H and O–H groups in total. The molecule has 4 aromatic rings. The Bertz CT molecular complexity index is 1190. The van der Waals surface area contributed by atoms with Gasteiger partial charge in [0.05, 0.1) is 13.7 Å². The third-order valence-corrected chi connectivity index (χ3v) is 6.14. The first-order chi connectivity index (χ1) is 15.7. The Hall–Kier alpha value is -3.32. The number of carbonyl (C=O) groups excluding carboxylic acids is 1. The maximum absolute atomic E-state index is 12.1. The molecule has 164 valence electrons. The lowest BCUT2D eigenvalue weighted by Crippen LogP contribution is -2.23. The summed E-state index contributed by atoms with van der Waals surface area (Å²) < 4.78 is 7.41.